The van der Waals surface area contributed by atoms with Crippen LogP contribution in [0.25, 0.3) is 6.08 Å². The van der Waals surface area contributed by atoms with Gasteiger partial charge in [0.25, 0.3) is 0 Å². The maximum atomic E-state index is 9.58. The van der Waals surface area contributed by atoms with E-state index in [-0.39, 0.29) is 5.69 Å². The van der Waals surface area contributed by atoms with Crippen LogP contribution in [0.1, 0.15) is 23.1 Å². The van der Waals surface area contributed by atoms with E-state index in [9.17, 15) is 10.2 Å². The molecule has 0 saturated heterocycles. The van der Waals surface area contributed by atoms with Crippen LogP contribution in [0.5, 0.6) is 0 Å². The van der Waals surface area contributed by atoms with Crippen LogP contribution < -0.4 is 0 Å². The van der Waals surface area contributed by atoms with E-state index in [1.54, 1.807) is 18.2 Å². The summed E-state index contributed by atoms with van der Waals surface area (Å²) in [6.45, 7) is 0. The van der Waals surface area contributed by atoms with Crippen LogP contribution in [-0.2, 0) is 0 Å². The lowest BCUT2D eigenvalue weighted by Gasteiger charge is -2.20. The Balaban J connectivity index is 2.55. The predicted molar refractivity (Wildman–Crippen MR) is 49.0 cm³/mol. The van der Waals surface area contributed by atoms with Gasteiger partial charge < -0.3 is 10.2 Å². The third-order valence-corrected chi connectivity index (χ3v) is 2.15. The van der Waals surface area contributed by atoms with Gasteiger partial charge in [-0.1, -0.05) is 18.2 Å². The van der Waals surface area contributed by atoms with Crippen LogP contribution >= 0.6 is 0 Å². The molecule has 2 rings (SSSR count). The Hall–Kier alpha value is -1.70. The summed E-state index contributed by atoms with van der Waals surface area (Å²) >= 11 is 0. The first-order valence-electron chi connectivity index (χ1n) is 4.18. The summed E-state index contributed by atoms with van der Waals surface area (Å²) < 4.78 is 0. The van der Waals surface area contributed by atoms with Gasteiger partial charge in [-0.25, -0.2) is 4.98 Å². The second-order valence-electron chi connectivity index (χ2n) is 3.08. The minimum atomic E-state index is -1.04. The summed E-state index contributed by atoms with van der Waals surface area (Å²) in [6, 6.07) is 5.16. The van der Waals surface area contributed by atoms with Crippen molar-refractivity contribution in [1.82, 2.24) is 4.98 Å². The zero-order chi connectivity index (χ0) is 10.1. The molecule has 2 N–H and O–H groups in total. The van der Waals surface area contributed by atoms with Gasteiger partial charge in [0.05, 0.1) is 5.69 Å². The van der Waals surface area contributed by atoms with Gasteiger partial charge in [-0.2, -0.15) is 5.26 Å². The molecule has 4 heteroatoms. The molecular formula is C10H8N2O2. The Morgan fingerprint density at radius 3 is 2.86 bits per heavy atom. The number of aliphatic hydroxyl groups is 2. The molecule has 0 fully saturated rings. The number of aromatic nitrogens is 1. The Morgan fingerprint density at radius 2 is 2.14 bits per heavy atom. The molecule has 14 heavy (non-hydrogen) atoms. The maximum Gasteiger partial charge on any atom is 0.140 e. The maximum absolute atomic E-state index is 9.58. The van der Waals surface area contributed by atoms with Crippen molar-refractivity contribution in [2.75, 3.05) is 0 Å². The summed E-state index contributed by atoms with van der Waals surface area (Å²) in [5.41, 5.74) is 1.34. The third kappa shape index (κ3) is 1.29. The first kappa shape index (κ1) is 8.88. The minimum Gasteiger partial charge on any atom is -0.386 e. The first-order chi connectivity index (χ1) is 6.72. The lowest BCUT2D eigenvalue weighted by atomic mass is 9.98. The SMILES string of the molecule is N#Cc1ccc2c(n1)[C@@H](O)[C@@H](O)C=C2. The summed E-state index contributed by atoms with van der Waals surface area (Å²) in [6.07, 6.45) is 1.20. The monoisotopic (exact) mass is 188 g/mol. The number of nitrogens with zero attached hydrogens (tertiary/aromatic N) is 2. The molecule has 0 amide bonds. The highest BCUT2D eigenvalue weighted by Crippen LogP contribution is 2.26. The van der Waals surface area contributed by atoms with Crippen molar-refractivity contribution >= 4 is 6.08 Å². The molecule has 0 unspecified atom stereocenters. The van der Waals surface area contributed by atoms with Crippen molar-refractivity contribution in [2.45, 2.75) is 12.2 Å². The van der Waals surface area contributed by atoms with Crippen molar-refractivity contribution in [3.63, 3.8) is 0 Å². The highest BCUT2D eigenvalue weighted by molar-refractivity contribution is 5.57. The number of aliphatic hydroxyl groups excluding tert-OH is 2. The molecule has 1 aromatic heterocycles. The van der Waals surface area contributed by atoms with E-state index in [4.69, 9.17) is 5.26 Å². The zero-order valence-corrected chi connectivity index (χ0v) is 7.25. The van der Waals surface area contributed by atoms with Gasteiger partial charge in [0.1, 0.15) is 24.0 Å². The highest BCUT2D eigenvalue weighted by Gasteiger charge is 2.23. The zero-order valence-electron chi connectivity index (χ0n) is 7.25. The molecule has 2 atom stereocenters. The second-order valence-corrected chi connectivity index (χ2v) is 3.08. The molecule has 4 nitrogen and oxygen atoms in total. The molecule has 1 aliphatic carbocycles. The van der Waals surface area contributed by atoms with Gasteiger partial charge >= 0.3 is 0 Å². The van der Waals surface area contributed by atoms with E-state index in [1.165, 1.54) is 6.08 Å². The molecule has 0 spiro atoms. The molecule has 0 aliphatic heterocycles. The van der Waals surface area contributed by atoms with E-state index in [1.807, 2.05) is 6.07 Å². The Labute approximate surface area is 80.8 Å². The van der Waals surface area contributed by atoms with E-state index < -0.39 is 12.2 Å². The average molecular weight is 188 g/mol. The number of fused-ring (bicyclic) bond motifs is 1. The summed E-state index contributed by atoms with van der Waals surface area (Å²) in [7, 11) is 0. The van der Waals surface area contributed by atoms with Crippen LogP contribution in [0.15, 0.2) is 18.2 Å². The summed E-state index contributed by atoms with van der Waals surface area (Å²) in [5, 5.41) is 27.5. The largest absolute Gasteiger partial charge is 0.386 e. The van der Waals surface area contributed by atoms with E-state index >= 15 is 0 Å². The van der Waals surface area contributed by atoms with Crippen LogP contribution in [0.3, 0.4) is 0 Å². The number of hydrogen-bond donors (Lipinski definition) is 2. The number of rotatable bonds is 0. The van der Waals surface area contributed by atoms with Crippen molar-refractivity contribution in [1.29, 1.82) is 5.26 Å². The predicted octanol–water partition coefficient (Wildman–Crippen LogP) is 0.374. The van der Waals surface area contributed by atoms with Crippen LogP contribution in [0.2, 0.25) is 0 Å². The number of pyridine rings is 1. The first-order valence-corrected chi connectivity index (χ1v) is 4.18. The number of nitriles is 1. The Kier molecular flexibility index (Phi) is 2.04. The fraction of sp³-hybridized carbons (Fsp3) is 0.200. The molecule has 70 valence electrons. The molecule has 1 aromatic rings. The summed E-state index contributed by atoms with van der Waals surface area (Å²) in [4.78, 5) is 3.94. The van der Waals surface area contributed by atoms with Gasteiger partial charge in [-0.15, -0.1) is 0 Å². The standard InChI is InChI=1S/C10H8N2O2/c11-5-7-3-1-6-2-4-8(13)10(14)9(6)12-7/h1-4,8,10,13-14H/t8-,10-/m0/s1. The molecule has 0 saturated carbocycles. The van der Waals surface area contributed by atoms with Gasteiger partial charge in [0, 0.05) is 0 Å². The topological polar surface area (TPSA) is 77.1 Å². The normalized spacial score (nSPS) is 24.1. The second kappa shape index (κ2) is 3.22. The Bertz CT molecular complexity index is 434. The molecule has 0 bridgehead atoms. The van der Waals surface area contributed by atoms with Gasteiger partial charge in [0.2, 0.25) is 0 Å². The van der Waals surface area contributed by atoms with Crippen molar-refractivity contribution in [3.8, 4) is 6.07 Å². The van der Waals surface area contributed by atoms with Crippen molar-refractivity contribution < 1.29 is 10.2 Å². The third-order valence-electron chi connectivity index (χ3n) is 2.15. The van der Waals surface area contributed by atoms with E-state index in [0.29, 0.717) is 5.69 Å². The van der Waals surface area contributed by atoms with Crippen LogP contribution in [0.4, 0.5) is 0 Å². The van der Waals surface area contributed by atoms with Crippen LogP contribution in [0, 0.1) is 11.3 Å². The molecule has 0 radical (unpaired) electrons. The van der Waals surface area contributed by atoms with E-state index in [0.717, 1.165) is 5.56 Å². The lowest BCUT2D eigenvalue weighted by molar-refractivity contribution is 0.0440. The molecule has 1 heterocycles. The minimum absolute atomic E-state index is 0.241. The van der Waals surface area contributed by atoms with Gasteiger partial charge in [0.15, 0.2) is 0 Å². The molecule has 1 aliphatic rings. The average Bonchev–Trinajstić information content (AvgIpc) is 2.23. The van der Waals surface area contributed by atoms with Crippen molar-refractivity contribution in [3.05, 3.63) is 35.2 Å². The molecular weight excluding hydrogens is 180 g/mol. The quantitative estimate of drug-likeness (QED) is 0.616. The summed E-state index contributed by atoms with van der Waals surface area (Å²) in [5.74, 6) is 0. The molecule has 0 aromatic carbocycles. The van der Waals surface area contributed by atoms with E-state index in [2.05, 4.69) is 4.98 Å². The van der Waals surface area contributed by atoms with Gasteiger partial charge in [-0.3, -0.25) is 0 Å². The Morgan fingerprint density at radius 1 is 1.36 bits per heavy atom. The lowest BCUT2D eigenvalue weighted by Crippen LogP contribution is -2.21. The highest BCUT2D eigenvalue weighted by atomic mass is 16.3. The van der Waals surface area contributed by atoms with Gasteiger partial charge in [-0.05, 0) is 11.6 Å². The van der Waals surface area contributed by atoms with Crippen molar-refractivity contribution in [2.24, 2.45) is 0 Å². The fourth-order valence-corrected chi connectivity index (χ4v) is 1.40. The van der Waals surface area contributed by atoms with Crippen LogP contribution in [-0.4, -0.2) is 21.3 Å². The number of hydrogen-bond acceptors (Lipinski definition) is 4. The smallest absolute Gasteiger partial charge is 0.140 e. The fourth-order valence-electron chi connectivity index (χ4n) is 1.40.